The third kappa shape index (κ3) is 10.5. The molecule has 0 saturated heterocycles. The maximum absolute atomic E-state index is 4.14. The number of nitrogens with zero attached hydrogens (tertiary/aromatic N) is 2. The summed E-state index contributed by atoms with van der Waals surface area (Å²) in [5.74, 6) is 0.581. The Morgan fingerprint density at radius 1 is 0.529 bits per heavy atom. The van der Waals surface area contributed by atoms with Gasteiger partial charge in [-0.15, -0.1) is 0 Å². The minimum Gasteiger partial charge on any atom is -0.341 e. The molecule has 0 amide bonds. The maximum Gasteiger partial charge on any atom is 0.0554 e. The summed E-state index contributed by atoms with van der Waals surface area (Å²) < 4.78 is 0. The van der Waals surface area contributed by atoms with E-state index in [1.54, 1.807) is 0 Å². The van der Waals surface area contributed by atoms with Crippen LogP contribution in [0.1, 0.15) is 55.1 Å². The van der Waals surface area contributed by atoms with Crippen LogP contribution in [0.15, 0.2) is 297 Å². The monoisotopic (exact) mass is 880 g/mol. The molecule has 0 spiro atoms. The molecule has 2 heteroatoms. The summed E-state index contributed by atoms with van der Waals surface area (Å²) >= 11 is 0. The normalized spacial score (nSPS) is 19.0. The van der Waals surface area contributed by atoms with E-state index in [1.807, 2.05) is 24.3 Å². The van der Waals surface area contributed by atoms with Gasteiger partial charge in [0.15, 0.2) is 0 Å². The van der Waals surface area contributed by atoms with Crippen LogP contribution in [0.4, 0.5) is 17.1 Å². The molecule has 2 nitrogen and oxygen atoms in total. The highest BCUT2D eigenvalue weighted by molar-refractivity contribution is 5.79. The fraction of sp³-hybridized carbons (Fsp3) is 0.121. The molecule has 0 bridgehead atoms. The Hall–Kier alpha value is -7.94. The van der Waals surface area contributed by atoms with Gasteiger partial charge in [-0.05, 0) is 136 Å². The quantitative estimate of drug-likeness (QED) is 0.0911. The molecule has 3 unspecified atom stereocenters. The zero-order valence-electron chi connectivity index (χ0n) is 39.0. The van der Waals surface area contributed by atoms with Gasteiger partial charge in [-0.2, -0.15) is 0 Å². The topological polar surface area (TPSA) is 6.48 Å². The SMILES string of the molecule is C=C/C=C(\C=C)C1=CCC(N(/C=C/C=C(\C=C)C2=CCCC=C2)c2ccc(-c3ccc(N(C4=CCC(c5ccccc5)C=C4)c4ccc(-c5ccccc5)cc4)cc3C3C=CC=CC3)cc2)C=C1. The first-order valence-electron chi connectivity index (χ1n) is 24.1. The summed E-state index contributed by atoms with van der Waals surface area (Å²) in [5.41, 5.74) is 16.7. The predicted octanol–water partition coefficient (Wildman–Crippen LogP) is 17.6. The van der Waals surface area contributed by atoms with Gasteiger partial charge in [0.25, 0.3) is 0 Å². The second-order valence-corrected chi connectivity index (χ2v) is 17.6. The van der Waals surface area contributed by atoms with Crippen molar-refractivity contribution >= 4 is 17.1 Å². The average molecular weight is 881 g/mol. The van der Waals surface area contributed by atoms with Crippen molar-refractivity contribution < 1.29 is 0 Å². The van der Waals surface area contributed by atoms with Crippen molar-refractivity contribution in [1.82, 2.24) is 0 Å². The van der Waals surface area contributed by atoms with Gasteiger partial charge in [-0.3, -0.25) is 0 Å². The maximum atomic E-state index is 4.14. The van der Waals surface area contributed by atoms with Crippen molar-refractivity contribution in [2.45, 2.75) is 50.0 Å². The van der Waals surface area contributed by atoms with Crippen molar-refractivity contribution in [2.75, 3.05) is 9.80 Å². The molecule has 0 fully saturated rings. The van der Waals surface area contributed by atoms with Crippen LogP contribution in [0.2, 0.25) is 0 Å². The Kier molecular flexibility index (Phi) is 14.7. The summed E-state index contributed by atoms with van der Waals surface area (Å²) in [5, 5.41) is 0. The third-order valence-corrected chi connectivity index (χ3v) is 13.3. The van der Waals surface area contributed by atoms with Gasteiger partial charge in [0, 0.05) is 40.8 Å². The molecule has 0 N–H and O–H groups in total. The summed E-state index contributed by atoms with van der Waals surface area (Å²) in [4.78, 5) is 4.82. The number of anilines is 3. The van der Waals surface area contributed by atoms with Crippen LogP contribution in [-0.4, -0.2) is 6.04 Å². The lowest BCUT2D eigenvalue weighted by Gasteiger charge is -2.31. The molecule has 4 aliphatic carbocycles. The minimum atomic E-state index is 0.123. The Morgan fingerprint density at radius 3 is 1.90 bits per heavy atom. The standard InChI is InChI=1S/C66H60N2/c1-4-20-50(5-2)55-30-38-60(39-31-55)67(48-19-29-51(6-3)52-21-11-7-12-22-52)61-40-36-59(37-41-61)65-47-46-64(49-66(65)58-27-17-10-18-28-58)68(62-42-32-56(33-43-62)53-23-13-8-14-24-53)63-44-34-57(35-45-63)54-25-15-9-16-26-54/h4-6,8-11,13-27,29-34,36-38,40-49,57-58,60H,1-3,7,12,28,35,39H2/b48-19+,50-20+,51-29+. The molecule has 5 aromatic rings. The van der Waals surface area contributed by atoms with Crippen LogP contribution < -0.4 is 9.80 Å². The van der Waals surface area contributed by atoms with Gasteiger partial charge >= 0.3 is 0 Å². The second kappa shape index (κ2) is 22.0. The van der Waals surface area contributed by atoms with Gasteiger partial charge in [0.1, 0.15) is 0 Å². The fourth-order valence-corrected chi connectivity index (χ4v) is 9.66. The van der Waals surface area contributed by atoms with Crippen molar-refractivity contribution in [1.29, 1.82) is 0 Å². The summed E-state index contributed by atoms with van der Waals surface area (Å²) in [6, 6.07) is 46.9. The summed E-state index contributed by atoms with van der Waals surface area (Å²) in [6.45, 7) is 12.1. The molecule has 0 saturated carbocycles. The smallest absolute Gasteiger partial charge is 0.0554 e. The summed E-state index contributed by atoms with van der Waals surface area (Å²) in [7, 11) is 0. The van der Waals surface area contributed by atoms with E-state index in [-0.39, 0.29) is 12.0 Å². The van der Waals surface area contributed by atoms with Gasteiger partial charge in [-0.1, -0.05) is 214 Å². The predicted molar refractivity (Wildman–Crippen MR) is 293 cm³/mol. The van der Waals surface area contributed by atoms with Crippen LogP contribution >= 0.6 is 0 Å². The van der Waals surface area contributed by atoms with Crippen molar-refractivity contribution in [2.24, 2.45) is 0 Å². The highest BCUT2D eigenvalue weighted by Gasteiger charge is 2.23. The van der Waals surface area contributed by atoms with Crippen molar-refractivity contribution in [3.63, 3.8) is 0 Å². The first-order chi connectivity index (χ1) is 33.6. The lowest BCUT2D eigenvalue weighted by Crippen LogP contribution is -2.29. The second-order valence-electron chi connectivity index (χ2n) is 17.6. The largest absolute Gasteiger partial charge is 0.341 e. The zero-order valence-corrected chi connectivity index (χ0v) is 39.0. The first kappa shape index (κ1) is 45.2. The van der Waals surface area contributed by atoms with E-state index in [2.05, 4.69) is 254 Å². The lowest BCUT2D eigenvalue weighted by atomic mass is 9.86. The number of rotatable bonds is 16. The molecular weight excluding hydrogens is 821 g/mol. The Morgan fingerprint density at radius 2 is 1.24 bits per heavy atom. The van der Waals surface area contributed by atoms with Crippen LogP contribution in [0.5, 0.6) is 0 Å². The highest BCUT2D eigenvalue weighted by atomic mass is 15.1. The fourth-order valence-electron chi connectivity index (χ4n) is 9.66. The van der Waals surface area contributed by atoms with E-state index in [1.165, 1.54) is 44.7 Å². The number of allylic oxidation sites excluding steroid dienone is 21. The molecule has 9 rings (SSSR count). The number of hydrogen-bond acceptors (Lipinski definition) is 2. The van der Waals surface area contributed by atoms with E-state index < -0.39 is 0 Å². The average Bonchev–Trinajstić information content (AvgIpc) is 3.42. The van der Waals surface area contributed by atoms with E-state index >= 15 is 0 Å². The molecule has 5 aromatic carbocycles. The molecule has 0 aliphatic heterocycles. The molecule has 0 heterocycles. The van der Waals surface area contributed by atoms with Gasteiger partial charge in [0.2, 0.25) is 0 Å². The van der Waals surface area contributed by atoms with Gasteiger partial charge in [0.05, 0.1) is 6.04 Å². The van der Waals surface area contributed by atoms with Crippen LogP contribution in [0.3, 0.4) is 0 Å². The van der Waals surface area contributed by atoms with Crippen LogP contribution in [0, 0.1) is 0 Å². The van der Waals surface area contributed by atoms with Crippen molar-refractivity contribution in [3.8, 4) is 22.3 Å². The minimum absolute atomic E-state index is 0.123. The molecule has 4 aliphatic rings. The first-order valence-corrected chi connectivity index (χ1v) is 24.1. The molecular formula is C66H60N2. The number of hydrogen-bond donors (Lipinski definition) is 0. The van der Waals surface area contributed by atoms with E-state index in [0.29, 0.717) is 5.92 Å². The van der Waals surface area contributed by atoms with Crippen LogP contribution in [-0.2, 0) is 0 Å². The van der Waals surface area contributed by atoms with E-state index in [0.717, 1.165) is 65.9 Å². The van der Waals surface area contributed by atoms with Crippen LogP contribution in [0.25, 0.3) is 22.3 Å². The van der Waals surface area contributed by atoms with Gasteiger partial charge < -0.3 is 9.80 Å². The van der Waals surface area contributed by atoms with Gasteiger partial charge in [-0.25, -0.2) is 0 Å². The van der Waals surface area contributed by atoms with E-state index in [4.69, 9.17) is 0 Å². The van der Waals surface area contributed by atoms with Crippen molar-refractivity contribution in [3.05, 3.63) is 308 Å². The van der Waals surface area contributed by atoms with E-state index in [9.17, 15) is 0 Å². The molecule has 68 heavy (non-hydrogen) atoms. The highest BCUT2D eigenvalue weighted by Crippen LogP contribution is 2.42. The lowest BCUT2D eigenvalue weighted by molar-refractivity contribution is 0.775. The Bertz CT molecular complexity index is 2960. The molecule has 334 valence electrons. The zero-order chi connectivity index (χ0) is 46.5. The molecule has 0 radical (unpaired) electrons. The molecule has 0 aromatic heterocycles. The Balaban J connectivity index is 1.07. The molecule has 3 atom stereocenters. The third-order valence-electron chi connectivity index (χ3n) is 13.3. The Labute approximate surface area is 405 Å². The number of benzene rings is 5. The summed E-state index contributed by atoms with van der Waals surface area (Å²) in [6.07, 6.45) is 48.8.